The Morgan fingerprint density at radius 3 is 2.79 bits per heavy atom. The van der Waals surface area contributed by atoms with Crippen molar-refractivity contribution in [2.75, 3.05) is 0 Å². The summed E-state index contributed by atoms with van der Waals surface area (Å²) in [6, 6.07) is 5.85. The average molecular weight is 379 g/mol. The molecule has 6 heteroatoms. The molecule has 1 aromatic heterocycles. The Morgan fingerprint density at radius 2 is 1.96 bits per heavy atom. The lowest BCUT2D eigenvalue weighted by molar-refractivity contribution is 0.169. The van der Waals surface area contributed by atoms with Crippen LogP contribution in [0.15, 0.2) is 52.5 Å². The molecule has 0 spiro atoms. The number of hydrazone groups is 1. The molecule has 5 nitrogen and oxygen atoms in total. The number of allylic oxidation sites excluding steroid dienone is 2. The third-order valence-corrected chi connectivity index (χ3v) is 6.66. The van der Waals surface area contributed by atoms with Crippen molar-refractivity contribution in [2.45, 2.75) is 63.5 Å². The monoisotopic (exact) mass is 379 g/mol. The van der Waals surface area contributed by atoms with E-state index in [0.29, 0.717) is 23.9 Å². The Morgan fingerprint density at radius 1 is 1.11 bits per heavy atom. The van der Waals surface area contributed by atoms with Gasteiger partial charge in [-0.25, -0.2) is 9.99 Å². The molecule has 4 aliphatic rings. The molecule has 1 aromatic rings. The summed E-state index contributed by atoms with van der Waals surface area (Å²) >= 11 is 0. The minimum atomic E-state index is -0.383. The van der Waals surface area contributed by atoms with E-state index in [1.54, 1.807) is 6.07 Å². The van der Waals surface area contributed by atoms with Gasteiger partial charge in [0, 0.05) is 29.3 Å². The minimum Gasteiger partial charge on any atom is -0.311 e. The lowest BCUT2D eigenvalue weighted by Crippen LogP contribution is -2.41. The van der Waals surface area contributed by atoms with Crippen LogP contribution in [0.2, 0.25) is 0 Å². The van der Waals surface area contributed by atoms with E-state index < -0.39 is 0 Å². The summed E-state index contributed by atoms with van der Waals surface area (Å²) in [6.45, 7) is 2.28. The standard InChI is InChI=1S/C22H26FN5/c1-15-18-5-2-3-6-20(18)24-13-22-27(15)14-25-28(22)17-11-9-16(10-12-17)19-7-4-8-21(23)26-19/h3-4,6-8,13-18H,2,5,9-12H2,1H3. The largest absolute Gasteiger partial charge is 0.311 e. The highest BCUT2D eigenvalue weighted by molar-refractivity contribution is 5.99. The molecule has 146 valence electrons. The molecule has 0 saturated heterocycles. The first-order valence-electron chi connectivity index (χ1n) is 10.4. The van der Waals surface area contributed by atoms with Crippen molar-refractivity contribution in [3.63, 3.8) is 0 Å². The van der Waals surface area contributed by atoms with E-state index in [4.69, 9.17) is 10.1 Å². The van der Waals surface area contributed by atoms with E-state index in [-0.39, 0.29) is 5.95 Å². The van der Waals surface area contributed by atoms with E-state index in [0.717, 1.165) is 50.0 Å². The zero-order chi connectivity index (χ0) is 19.1. The fraction of sp³-hybridized carbons (Fsp3) is 0.500. The van der Waals surface area contributed by atoms with Crippen LogP contribution in [0.5, 0.6) is 0 Å². The number of rotatable bonds is 2. The first-order valence-corrected chi connectivity index (χ1v) is 10.4. The number of nitrogens with zero attached hydrogens (tertiary/aromatic N) is 5. The maximum Gasteiger partial charge on any atom is 0.213 e. The van der Waals surface area contributed by atoms with Gasteiger partial charge in [0.05, 0.1) is 12.2 Å². The first kappa shape index (κ1) is 17.6. The number of aliphatic imine (C=N–C) groups is 1. The Labute approximate surface area is 165 Å². The maximum atomic E-state index is 13.5. The highest BCUT2D eigenvalue weighted by atomic mass is 19.1. The topological polar surface area (TPSA) is 44.1 Å². The summed E-state index contributed by atoms with van der Waals surface area (Å²) in [5.41, 5.74) is 2.07. The number of aromatic nitrogens is 1. The van der Waals surface area contributed by atoms with Crippen molar-refractivity contribution in [1.82, 2.24) is 14.9 Å². The van der Waals surface area contributed by atoms with Gasteiger partial charge in [0.1, 0.15) is 12.2 Å². The number of pyridine rings is 1. The van der Waals surface area contributed by atoms with E-state index in [1.165, 1.54) is 11.8 Å². The van der Waals surface area contributed by atoms with Crippen LogP contribution in [0.25, 0.3) is 0 Å². The predicted molar refractivity (Wildman–Crippen MR) is 108 cm³/mol. The van der Waals surface area contributed by atoms with Gasteiger partial charge in [-0.05, 0) is 63.7 Å². The van der Waals surface area contributed by atoms with Gasteiger partial charge in [0.15, 0.2) is 0 Å². The van der Waals surface area contributed by atoms with Gasteiger partial charge in [-0.15, -0.1) is 0 Å². The fourth-order valence-corrected chi connectivity index (χ4v) is 5.04. The van der Waals surface area contributed by atoms with Crippen LogP contribution in [0.1, 0.15) is 57.1 Å². The Bertz CT molecular complexity index is 865. The molecule has 2 unspecified atom stereocenters. The fourth-order valence-electron chi connectivity index (χ4n) is 5.04. The highest BCUT2D eigenvalue weighted by Crippen LogP contribution is 2.38. The smallest absolute Gasteiger partial charge is 0.213 e. The summed E-state index contributed by atoms with van der Waals surface area (Å²) in [4.78, 5) is 11.2. The van der Waals surface area contributed by atoms with Gasteiger partial charge in [-0.2, -0.15) is 9.49 Å². The Hall–Kier alpha value is -2.50. The molecular weight excluding hydrogens is 353 g/mol. The molecule has 1 saturated carbocycles. The number of halogens is 1. The normalized spacial score (nSPS) is 31.8. The van der Waals surface area contributed by atoms with E-state index in [9.17, 15) is 4.39 Å². The minimum absolute atomic E-state index is 0.338. The van der Waals surface area contributed by atoms with Crippen LogP contribution in [-0.4, -0.2) is 39.0 Å². The lowest BCUT2D eigenvalue weighted by atomic mass is 9.83. The van der Waals surface area contributed by atoms with Crippen LogP contribution in [0.4, 0.5) is 4.39 Å². The first-order chi connectivity index (χ1) is 13.7. The van der Waals surface area contributed by atoms with Gasteiger partial charge >= 0.3 is 0 Å². The molecule has 0 amide bonds. The quantitative estimate of drug-likeness (QED) is 0.715. The van der Waals surface area contributed by atoms with E-state index in [2.05, 4.69) is 34.0 Å². The number of hydrogen-bond acceptors (Lipinski definition) is 5. The second kappa shape index (κ2) is 7.15. The van der Waals surface area contributed by atoms with Crippen molar-refractivity contribution in [1.29, 1.82) is 0 Å². The molecule has 0 aromatic carbocycles. The summed E-state index contributed by atoms with van der Waals surface area (Å²) in [6.07, 6.45) is 14.7. The Balaban J connectivity index is 1.31. The van der Waals surface area contributed by atoms with Crippen molar-refractivity contribution in [3.05, 3.63) is 54.0 Å². The van der Waals surface area contributed by atoms with Gasteiger partial charge in [-0.3, -0.25) is 4.99 Å². The average Bonchev–Trinajstić information content (AvgIpc) is 3.10. The zero-order valence-corrected chi connectivity index (χ0v) is 16.2. The van der Waals surface area contributed by atoms with Crippen LogP contribution < -0.4 is 0 Å². The van der Waals surface area contributed by atoms with Crippen LogP contribution >= 0.6 is 0 Å². The predicted octanol–water partition coefficient (Wildman–Crippen LogP) is 4.42. The molecule has 2 aliphatic carbocycles. The second-order valence-corrected chi connectivity index (χ2v) is 8.24. The maximum absolute atomic E-state index is 13.5. The van der Waals surface area contributed by atoms with Crippen molar-refractivity contribution >= 4 is 12.1 Å². The summed E-state index contributed by atoms with van der Waals surface area (Å²) in [5, 5.41) is 6.91. The molecule has 2 aliphatic heterocycles. The molecule has 0 radical (unpaired) electrons. The molecular formula is C22H26FN5. The molecule has 0 bridgehead atoms. The van der Waals surface area contributed by atoms with Crippen LogP contribution in [-0.2, 0) is 0 Å². The van der Waals surface area contributed by atoms with Crippen molar-refractivity contribution in [2.24, 2.45) is 16.0 Å². The SMILES string of the molecule is CC1C2CCC=CC2=NC=C2N1C=NN2C1CCC(c2cccc(F)n2)CC1. The van der Waals surface area contributed by atoms with Crippen LogP contribution in [0, 0.1) is 11.9 Å². The van der Waals surface area contributed by atoms with Crippen LogP contribution in [0.3, 0.4) is 0 Å². The Kier molecular flexibility index (Phi) is 4.49. The lowest BCUT2D eigenvalue weighted by Gasteiger charge is -2.36. The summed E-state index contributed by atoms with van der Waals surface area (Å²) in [5.74, 6) is 1.51. The molecule has 5 rings (SSSR count). The third-order valence-electron chi connectivity index (χ3n) is 6.66. The number of fused-ring (bicyclic) bond motifs is 2. The third kappa shape index (κ3) is 3.05. The molecule has 0 N–H and O–H groups in total. The summed E-state index contributed by atoms with van der Waals surface area (Å²) in [7, 11) is 0. The molecule has 3 heterocycles. The van der Waals surface area contributed by atoms with Crippen molar-refractivity contribution < 1.29 is 4.39 Å². The zero-order valence-electron chi connectivity index (χ0n) is 16.2. The van der Waals surface area contributed by atoms with Gasteiger partial charge in [0.2, 0.25) is 5.95 Å². The van der Waals surface area contributed by atoms with Gasteiger partial charge < -0.3 is 4.90 Å². The highest BCUT2D eigenvalue weighted by Gasteiger charge is 2.38. The second-order valence-electron chi connectivity index (χ2n) is 8.24. The molecule has 2 atom stereocenters. The summed E-state index contributed by atoms with van der Waals surface area (Å²) < 4.78 is 13.5. The van der Waals surface area contributed by atoms with Gasteiger partial charge in [0.25, 0.3) is 0 Å². The van der Waals surface area contributed by atoms with Gasteiger partial charge in [-0.1, -0.05) is 12.1 Å². The van der Waals surface area contributed by atoms with E-state index >= 15 is 0 Å². The van der Waals surface area contributed by atoms with Crippen molar-refractivity contribution in [3.8, 4) is 0 Å². The van der Waals surface area contributed by atoms with E-state index in [1.807, 2.05) is 18.6 Å². The molecule has 1 fully saturated rings. The number of hydrogen-bond donors (Lipinski definition) is 0. The molecule has 28 heavy (non-hydrogen) atoms.